The minimum atomic E-state index is 0.0966. The molecule has 1 unspecified atom stereocenters. The van der Waals surface area contributed by atoms with Crippen LogP contribution in [0.5, 0.6) is 5.75 Å². The van der Waals surface area contributed by atoms with Gasteiger partial charge in [0.1, 0.15) is 5.75 Å². The molecule has 1 N–H and O–H groups in total. The van der Waals surface area contributed by atoms with Crippen molar-refractivity contribution in [1.82, 2.24) is 4.90 Å². The van der Waals surface area contributed by atoms with E-state index >= 15 is 0 Å². The highest BCUT2D eigenvalue weighted by Crippen LogP contribution is 2.37. The molecule has 24 heavy (non-hydrogen) atoms. The molecule has 1 heterocycles. The first-order valence-electron chi connectivity index (χ1n) is 9.69. The van der Waals surface area contributed by atoms with Gasteiger partial charge in [-0.1, -0.05) is 39.2 Å². The van der Waals surface area contributed by atoms with Crippen LogP contribution in [0.1, 0.15) is 74.7 Å². The second kappa shape index (κ2) is 7.58. The van der Waals surface area contributed by atoms with Crippen molar-refractivity contribution in [3.05, 3.63) is 29.3 Å². The monoisotopic (exact) mass is 329 g/mol. The molecule has 1 atom stereocenters. The van der Waals surface area contributed by atoms with Gasteiger partial charge in [0.25, 0.3) is 5.91 Å². The van der Waals surface area contributed by atoms with E-state index in [4.69, 9.17) is 0 Å². The Bertz CT molecular complexity index is 575. The Morgan fingerprint density at radius 3 is 2.71 bits per heavy atom. The van der Waals surface area contributed by atoms with Crippen molar-refractivity contribution in [2.45, 2.75) is 65.3 Å². The molecule has 132 valence electrons. The lowest BCUT2D eigenvalue weighted by Crippen LogP contribution is -2.32. The molecule has 3 rings (SSSR count). The molecule has 1 aromatic carbocycles. The molecule has 1 aromatic rings. The van der Waals surface area contributed by atoms with E-state index in [9.17, 15) is 9.90 Å². The summed E-state index contributed by atoms with van der Waals surface area (Å²) in [5, 5.41) is 9.59. The van der Waals surface area contributed by atoms with Crippen LogP contribution in [0.4, 0.5) is 0 Å². The molecule has 1 aliphatic heterocycles. The van der Waals surface area contributed by atoms with Crippen molar-refractivity contribution in [1.29, 1.82) is 0 Å². The topological polar surface area (TPSA) is 40.5 Å². The average molecular weight is 329 g/mol. The summed E-state index contributed by atoms with van der Waals surface area (Å²) in [6.07, 6.45) is 9.19. The van der Waals surface area contributed by atoms with E-state index in [0.717, 1.165) is 23.9 Å². The number of hydrogen-bond donors (Lipinski definition) is 1. The van der Waals surface area contributed by atoms with Crippen LogP contribution in [0.3, 0.4) is 0 Å². The number of aromatic hydroxyl groups is 1. The third-order valence-corrected chi connectivity index (χ3v) is 6.16. The fraction of sp³-hybridized carbons (Fsp3) is 0.667. The number of carbonyl (C=O) groups is 1. The molecule has 1 amide bonds. The number of rotatable bonds is 6. The Kier molecular flexibility index (Phi) is 5.47. The molecule has 1 saturated carbocycles. The number of phenolic OH excluding ortho intramolecular Hbond substituents is 1. The maximum Gasteiger partial charge on any atom is 0.254 e. The van der Waals surface area contributed by atoms with Crippen molar-refractivity contribution in [2.75, 3.05) is 6.54 Å². The summed E-state index contributed by atoms with van der Waals surface area (Å²) >= 11 is 0. The molecular formula is C21H31NO2. The van der Waals surface area contributed by atoms with Crippen LogP contribution in [0, 0.1) is 17.8 Å². The lowest BCUT2D eigenvalue weighted by Gasteiger charge is -2.34. The fourth-order valence-corrected chi connectivity index (χ4v) is 4.51. The quantitative estimate of drug-likeness (QED) is 0.799. The Morgan fingerprint density at radius 1 is 1.25 bits per heavy atom. The third kappa shape index (κ3) is 3.76. The van der Waals surface area contributed by atoms with E-state index in [1.54, 1.807) is 12.1 Å². The van der Waals surface area contributed by atoms with Crippen molar-refractivity contribution >= 4 is 5.91 Å². The lowest BCUT2D eigenvalue weighted by molar-refractivity contribution is 0.0720. The SMILES string of the molecule is CCCCC(C)C1CCC(CN2Cc3ccc(O)cc3C2=O)CC1. The van der Waals surface area contributed by atoms with E-state index in [-0.39, 0.29) is 11.7 Å². The van der Waals surface area contributed by atoms with Crippen LogP contribution in [-0.2, 0) is 6.54 Å². The molecule has 0 aromatic heterocycles. The van der Waals surface area contributed by atoms with Gasteiger partial charge in [0.05, 0.1) is 0 Å². The molecule has 2 aliphatic rings. The van der Waals surface area contributed by atoms with Gasteiger partial charge in [-0.3, -0.25) is 4.79 Å². The fourth-order valence-electron chi connectivity index (χ4n) is 4.51. The van der Waals surface area contributed by atoms with Crippen LogP contribution in [0.15, 0.2) is 18.2 Å². The summed E-state index contributed by atoms with van der Waals surface area (Å²) in [5.74, 6) is 2.67. The largest absolute Gasteiger partial charge is 0.508 e. The number of unbranched alkanes of at least 4 members (excludes halogenated alkanes) is 1. The molecule has 0 bridgehead atoms. The van der Waals surface area contributed by atoms with E-state index < -0.39 is 0 Å². The zero-order valence-electron chi connectivity index (χ0n) is 15.1. The van der Waals surface area contributed by atoms with E-state index in [1.165, 1.54) is 44.9 Å². The standard InChI is InChI=1S/C21H31NO2/c1-3-4-5-15(2)17-8-6-16(7-9-17)13-22-14-18-10-11-19(23)12-20(18)21(22)24/h10-12,15-17,23H,3-9,13-14H2,1-2H3. The minimum Gasteiger partial charge on any atom is -0.508 e. The van der Waals surface area contributed by atoms with Crippen molar-refractivity contribution < 1.29 is 9.90 Å². The number of fused-ring (bicyclic) bond motifs is 1. The summed E-state index contributed by atoms with van der Waals surface area (Å²) in [6.45, 7) is 6.29. The molecule has 3 nitrogen and oxygen atoms in total. The van der Waals surface area contributed by atoms with Crippen molar-refractivity contribution in [3.63, 3.8) is 0 Å². The van der Waals surface area contributed by atoms with Crippen LogP contribution < -0.4 is 0 Å². The predicted octanol–water partition coefficient (Wildman–Crippen LogP) is 4.98. The number of benzene rings is 1. The normalized spacial score (nSPS) is 24.9. The average Bonchev–Trinajstić information content (AvgIpc) is 2.89. The van der Waals surface area contributed by atoms with Crippen LogP contribution in [0.2, 0.25) is 0 Å². The first-order valence-corrected chi connectivity index (χ1v) is 9.69. The smallest absolute Gasteiger partial charge is 0.254 e. The highest BCUT2D eigenvalue weighted by Gasteiger charge is 2.31. The number of amides is 1. The van der Waals surface area contributed by atoms with Gasteiger partial charge in [-0.05, 0) is 61.1 Å². The molecular weight excluding hydrogens is 298 g/mol. The summed E-state index contributed by atoms with van der Waals surface area (Å²) in [4.78, 5) is 14.5. The Balaban J connectivity index is 1.50. The summed E-state index contributed by atoms with van der Waals surface area (Å²) in [7, 11) is 0. The van der Waals surface area contributed by atoms with Crippen LogP contribution >= 0.6 is 0 Å². The minimum absolute atomic E-state index is 0.0966. The zero-order valence-corrected chi connectivity index (χ0v) is 15.1. The van der Waals surface area contributed by atoms with Crippen molar-refractivity contribution in [2.24, 2.45) is 17.8 Å². The summed E-state index contributed by atoms with van der Waals surface area (Å²) in [6, 6.07) is 5.18. The van der Waals surface area contributed by atoms with E-state index in [2.05, 4.69) is 13.8 Å². The second-order valence-corrected chi connectivity index (χ2v) is 7.93. The Morgan fingerprint density at radius 2 is 2.00 bits per heavy atom. The van der Waals surface area contributed by atoms with Gasteiger partial charge < -0.3 is 10.0 Å². The maximum atomic E-state index is 12.5. The van der Waals surface area contributed by atoms with E-state index in [0.29, 0.717) is 18.0 Å². The third-order valence-electron chi connectivity index (χ3n) is 6.16. The summed E-state index contributed by atoms with van der Waals surface area (Å²) in [5.41, 5.74) is 1.75. The number of carbonyl (C=O) groups excluding carboxylic acids is 1. The zero-order chi connectivity index (χ0) is 17.1. The first-order chi connectivity index (χ1) is 11.6. The molecule has 1 aliphatic carbocycles. The van der Waals surface area contributed by atoms with Crippen molar-refractivity contribution in [3.8, 4) is 5.75 Å². The van der Waals surface area contributed by atoms with Gasteiger partial charge in [-0.25, -0.2) is 0 Å². The first kappa shape index (κ1) is 17.3. The number of nitrogens with zero attached hydrogens (tertiary/aromatic N) is 1. The second-order valence-electron chi connectivity index (χ2n) is 7.93. The molecule has 0 saturated heterocycles. The lowest BCUT2D eigenvalue weighted by atomic mass is 9.75. The van der Waals surface area contributed by atoms with Gasteiger partial charge >= 0.3 is 0 Å². The number of phenols is 1. The van der Waals surface area contributed by atoms with Crippen LogP contribution in [-0.4, -0.2) is 22.5 Å². The molecule has 0 radical (unpaired) electrons. The highest BCUT2D eigenvalue weighted by molar-refractivity contribution is 5.98. The Labute approximate surface area is 146 Å². The van der Waals surface area contributed by atoms with Gasteiger partial charge in [0, 0.05) is 18.7 Å². The molecule has 1 fully saturated rings. The van der Waals surface area contributed by atoms with Crippen LogP contribution in [0.25, 0.3) is 0 Å². The van der Waals surface area contributed by atoms with E-state index in [1.807, 2.05) is 11.0 Å². The predicted molar refractivity (Wildman–Crippen MR) is 97.0 cm³/mol. The Hall–Kier alpha value is -1.51. The maximum absolute atomic E-state index is 12.5. The highest BCUT2D eigenvalue weighted by atomic mass is 16.3. The van der Waals surface area contributed by atoms with Gasteiger partial charge in [-0.2, -0.15) is 0 Å². The molecule has 3 heteroatoms. The summed E-state index contributed by atoms with van der Waals surface area (Å²) < 4.78 is 0. The number of hydrogen-bond acceptors (Lipinski definition) is 2. The van der Waals surface area contributed by atoms with Gasteiger partial charge in [0.15, 0.2) is 0 Å². The van der Waals surface area contributed by atoms with Gasteiger partial charge in [0.2, 0.25) is 0 Å². The molecule has 0 spiro atoms. The van der Waals surface area contributed by atoms with Gasteiger partial charge in [-0.15, -0.1) is 0 Å².